The maximum absolute atomic E-state index is 9.19. The van der Waals surface area contributed by atoms with E-state index in [1.165, 1.54) is 0 Å². The van der Waals surface area contributed by atoms with E-state index in [2.05, 4.69) is 0 Å². The number of hydrogen-bond acceptors (Lipinski definition) is 6. The predicted octanol–water partition coefficient (Wildman–Crippen LogP) is -0.995. The first kappa shape index (κ1) is 22.0. The standard InChI is InChI=1S/C5H12O2.2CH4O3S/c1-5(2,3-6)4-7;2*1-5(2,3)4/h6-7H,3-4H2,1-2H3;2*1H3,(H,2,3,4). The second-order valence-corrected chi connectivity index (χ2v) is 6.88. The van der Waals surface area contributed by atoms with Crippen LogP contribution in [-0.2, 0) is 20.2 Å². The van der Waals surface area contributed by atoms with Crippen molar-refractivity contribution in [1.82, 2.24) is 0 Å². The molecule has 0 radical (unpaired) electrons. The van der Waals surface area contributed by atoms with E-state index in [4.69, 9.17) is 19.3 Å². The smallest absolute Gasteiger partial charge is 0.261 e. The van der Waals surface area contributed by atoms with Gasteiger partial charge in [0.1, 0.15) is 0 Å². The van der Waals surface area contributed by atoms with Crippen LogP contribution in [0, 0.1) is 5.41 Å². The van der Waals surface area contributed by atoms with Crippen LogP contribution >= 0.6 is 0 Å². The zero-order chi connectivity index (χ0) is 14.9. The van der Waals surface area contributed by atoms with Gasteiger partial charge < -0.3 is 10.2 Å². The van der Waals surface area contributed by atoms with Crippen molar-refractivity contribution in [3.05, 3.63) is 0 Å². The van der Waals surface area contributed by atoms with Gasteiger partial charge in [0.2, 0.25) is 0 Å². The third-order valence-corrected chi connectivity index (χ3v) is 0.856. The zero-order valence-corrected chi connectivity index (χ0v) is 11.8. The van der Waals surface area contributed by atoms with Crippen LogP contribution in [0.2, 0.25) is 0 Å². The highest BCUT2D eigenvalue weighted by Crippen LogP contribution is 2.10. The Labute approximate surface area is 102 Å². The molecule has 0 aliphatic heterocycles. The summed E-state index contributed by atoms with van der Waals surface area (Å²) in [4.78, 5) is 0. The van der Waals surface area contributed by atoms with Gasteiger partial charge in [-0.1, -0.05) is 13.8 Å². The minimum Gasteiger partial charge on any atom is -0.396 e. The highest BCUT2D eigenvalue weighted by Gasteiger charge is 2.13. The summed E-state index contributed by atoms with van der Waals surface area (Å²) in [6.45, 7) is 3.69. The van der Waals surface area contributed by atoms with Crippen LogP contribution in [0.5, 0.6) is 0 Å². The molecule has 0 aromatic heterocycles. The van der Waals surface area contributed by atoms with Crippen LogP contribution in [0.25, 0.3) is 0 Å². The summed E-state index contributed by atoms with van der Waals surface area (Å²) in [6, 6.07) is 0. The van der Waals surface area contributed by atoms with Gasteiger partial charge in [-0.05, 0) is 0 Å². The number of aliphatic hydroxyl groups excluding tert-OH is 2. The molecule has 0 amide bonds. The lowest BCUT2D eigenvalue weighted by Gasteiger charge is -2.16. The fourth-order valence-electron chi connectivity index (χ4n) is 0.0500. The second-order valence-electron chi connectivity index (χ2n) is 3.95. The SMILES string of the molecule is CC(C)(CO)CO.CS(=O)(=O)O.CS(=O)(=O)O. The molecule has 17 heavy (non-hydrogen) atoms. The molecule has 10 heteroatoms. The summed E-state index contributed by atoms with van der Waals surface area (Å²) in [5.41, 5.74) is -0.306. The Morgan fingerprint density at radius 2 is 0.941 bits per heavy atom. The summed E-state index contributed by atoms with van der Waals surface area (Å²) >= 11 is 0. The first-order valence-electron chi connectivity index (χ1n) is 4.19. The molecule has 0 spiro atoms. The molecular weight excluding hydrogens is 276 g/mol. The molecule has 0 unspecified atom stereocenters. The van der Waals surface area contributed by atoms with Crippen LogP contribution in [0.3, 0.4) is 0 Å². The van der Waals surface area contributed by atoms with Gasteiger partial charge >= 0.3 is 0 Å². The maximum atomic E-state index is 9.19. The normalized spacial score (nSPS) is 11.8. The monoisotopic (exact) mass is 296 g/mol. The molecule has 8 nitrogen and oxygen atoms in total. The fourth-order valence-corrected chi connectivity index (χ4v) is 0.0500. The van der Waals surface area contributed by atoms with Gasteiger partial charge in [0, 0.05) is 5.41 Å². The Bertz CT molecular complexity index is 315. The highest BCUT2D eigenvalue weighted by atomic mass is 32.2. The van der Waals surface area contributed by atoms with E-state index in [0.717, 1.165) is 0 Å². The molecule has 0 rings (SSSR count). The molecule has 0 saturated heterocycles. The van der Waals surface area contributed by atoms with Crippen LogP contribution in [0.15, 0.2) is 0 Å². The average Bonchev–Trinajstić information content (AvgIpc) is 1.98. The molecule has 0 saturated carbocycles. The molecule has 0 aliphatic rings. The molecule has 0 heterocycles. The molecule has 0 aliphatic carbocycles. The lowest BCUT2D eigenvalue weighted by Crippen LogP contribution is -2.20. The van der Waals surface area contributed by atoms with Gasteiger partial charge in [-0.3, -0.25) is 9.11 Å². The van der Waals surface area contributed by atoms with Gasteiger partial charge in [-0.15, -0.1) is 0 Å². The fraction of sp³-hybridized carbons (Fsp3) is 1.00. The summed E-state index contributed by atoms with van der Waals surface area (Å²) in [7, 11) is -7.33. The van der Waals surface area contributed by atoms with Gasteiger partial charge in [-0.25, -0.2) is 0 Å². The van der Waals surface area contributed by atoms with E-state index in [9.17, 15) is 16.8 Å². The van der Waals surface area contributed by atoms with Gasteiger partial charge in [0.05, 0.1) is 25.7 Å². The van der Waals surface area contributed by atoms with Crippen molar-refractivity contribution in [3.63, 3.8) is 0 Å². The van der Waals surface area contributed by atoms with Gasteiger partial charge in [0.25, 0.3) is 20.2 Å². The summed E-state index contributed by atoms with van der Waals surface area (Å²) < 4.78 is 51.7. The largest absolute Gasteiger partial charge is 0.396 e. The Morgan fingerprint density at radius 3 is 0.941 bits per heavy atom. The third-order valence-electron chi connectivity index (χ3n) is 0.856. The van der Waals surface area contributed by atoms with Crippen LogP contribution in [0.1, 0.15) is 13.8 Å². The highest BCUT2D eigenvalue weighted by molar-refractivity contribution is 7.85. The van der Waals surface area contributed by atoms with Crippen molar-refractivity contribution in [2.75, 3.05) is 25.7 Å². The van der Waals surface area contributed by atoms with Gasteiger partial charge in [0.15, 0.2) is 0 Å². The minimum atomic E-state index is -3.67. The van der Waals surface area contributed by atoms with Crippen LogP contribution in [-0.4, -0.2) is 61.9 Å². The Morgan fingerprint density at radius 1 is 0.824 bits per heavy atom. The Kier molecular flexibility index (Phi) is 11.3. The Balaban J connectivity index is -0.000000177. The lowest BCUT2D eigenvalue weighted by molar-refractivity contribution is 0.0857. The number of aliphatic hydroxyl groups is 2. The zero-order valence-electron chi connectivity index (χ0n) is 10.2. The van der Waals surface area contributed by atoms with Crippen LogP contribution in [0.4, 0.5) is 0 Å². The number of rotatable bonds is 2. The van der Waals surface area contributed by atoms with Crippen molar-refractivity contribution in [2.24, 2.45) is 5.41 Å². The van der Waals surface area contributed by atoms with E-state index >= 15 is 0 Å². The molecular formula is C7H20O8S2. The molecule has 0 atom stereocenters. The summed E-state index contributed by atoms with van der Waals surface area (Å²) in [5.74, 6) is 0. The topological polar surface area (TPSA) is 149 Å². The molecule has 0 fully saturated rings. The lowest BCUT2D eigenvalue weighted by atomic mass is 9.97. The molecule has 0 aromatic carbocycles. The molecule has 108 valence electrons. The van der Waals surface area contributed by atoms with E-state index in [0.29, 0.717) is 12.5 Å². The van der Waals surface area contributed by atoms with Crippen molar-refractivity contribution >= 4 is 20.2 Å². The van der Waals surface area contributed by atoms with Crippen LogP contribution < -0.4 is 0 Å². The number of hydrogen-bond donors (Lipinski definition) is 4. The average molecular weight is 296 g/mol. The first-order chi connectivity index (χ1) is 7.12. The third kappa shape index (κ3) is 90.2. The van der Waals surface area contributed by atoms with Gasteiger partial charge in [-0.2, -0.15) is 16.8 Å². The summed E-state index contributed by atoms with van der Waals surface area (Å²) in [6.07, 6.45) is 1.43. The molecule has 4 N–H and O–H groups in total. The summed E-state index contributed by atoms with van der Waals surface area (Å²) in [5, 5.41) is 16.9. The maximum Gasteiger partial charge on any atom is 0.261 e. The second kappa shape index (κ2) is 8.78. The van der Waals surface area contributed by atoms with E-state index in [1.807, 2.05) is 0 Å². The predicted molar refractivity (Wildman–Crippen MR) is 62.9 cm³/mol. The van der Waals surface area contributed by atoms with Crippen molar-refractivity contribution in [1.29, 1.82) is 0 Å². The quantitative estimate of drug-likeness (QED) is 0.474. The first-order valence-corrected chi connectivity index (χ1v) is 7.88. The molecule has 0 bridgehead atoms. The van der Waals surface area contributed by atoms with E-state index in [1.54, 1.807) is 13.8 Å². The van der Waals surface area contributed by atoms with Crippen molar-refractivity contribution in [2.45, 2.75) is 13.8 Å². The van der Waals surface area contributed by atoms with E-state index in [-0.39, 0.29) is 18.6 Å². The van der Waals surface area contributed by atoms with E-state index < -0.39 is 20.2 Å². The van der Waals surface area contributed by atoms with Crippen molar-refractivity contribution < 1.29 is 36.2 Å². The van der Waals surface area contributed by atoms with Crippen molar-refractivity contribution in [3.8, 4) is 0 Å². The minimum absolute atomic E-state index is 0.0451. The Hall–Kier alpha value is -0.260. The molecule has 0 aromatic rings.